The highest BCUT2D eigenvalue weighted by atomic mass is 32.5. The first kappa shape index (κ1) is 10.3. The average Bonchev–Trinajstić information content (AvgIpc) is 2.46. The lowest BCUT2D eigenvalue weighted by Crippen LogP contribution is -2.08. The molecule has 0 saturated carbocycles. The van der Waals surface area contributed by atoms with Crippen LogP contribution in [0.15, 0.2) is 30.3 Å². The highest BCUT2D eigenvalue weighted by Gasteiger charge is 2.23. The molecule has 0 spiro atoms. The van der Waals surface area contributed by atoms with Crippen LogP contribution < -0.4 is 5.30 Å². The second-order valence-corrected chi connectivity index (χ2v) is 6.68. The maximum absolute atomic E-state index is 5.68. The summed E-state index contributed by atoms with van der Waals surface area (Å²) in [5.74, 6) is 0. The summed E-state index contributed by atoms with van der Waals surface area (Å²) in [5.41, 5.74) is 0. The molecule has 1 aromatic rings. The van der Waals surface area contributed by atoms with Crippen LogP contribution in [0.2, 0.25) is 0 Å². The number of benzene rings is 1. The summed E-state index contributed by atoms with van der Waals surface area (Å²) >= 11 is 5.47. The molecule has 76 valence electrons. The molecule has 0 radical (unpaired) electrons. The van der Waals surface area contributed by atoms with E-state index in [9.17, 15) is 0 Å². The summed E-state index contributed by atoms with van der Waals surface area (Å²) in [5, 5.41) is 1.02. The Morgan fingerprint density at radius 2 is 1.57 bits per heavy atom. The third-order valence-electron chi connectivity index (χ3n) is 2.13. The van der Waals surface area contributed by atoms with E-state index in [2.05, 4.69) is 0 Å². The fourth-order valence-electron chi connectivity index (χ4n) is 1.37. The Hall–Kier alpha value is -0.210. The van der Waals surface area contributed by atoms with E-state index in [0.29, 0.717) is 0 Å². The molecule has 0 aromatic heterocycles. The van der Waals surface area contributed by atoms with Crippen LogP contribution >= 0.6 is 6.49 Å². The highest BCUT2D eigenvalue weighted by molar-refractivity contribution is 8.13. The first-order valence-corrected chi connectivity index (χ1v) is 7.40. The Kier molecular flexibility index (Phi) is 3.34. The van der Waals surface area contributed by atoms with Gasteiger partial charge in [0.2, 0.25) is 6.49 Å². The Balaban J connectivity index is 2.26. The summed E-state index contributed by atoms with van der Waals surface area (Å²) in [6.07, 6.45) is 2.09. The van der Waals surface area contributed by atoms with E-state index in [1.807, 2.05) is 30.3 Å². The predicted octanol–water partition coefficient (Wildman–Crippen LogP) is 2.45. The SMILES string of the molecule is S=P1(c2ccccc2)OCCCCO1. The van der Waals surface area contributed by atoms with E-state index in [0.717, 1.165) is 31.4 Å². The van der Waals surface area contributed by atoms with E-state index in [1.165, 1.54) is 0 Å². The third-order valence-corrected chi connectivity index (χ3v) is 5.37. The Bertz CT molecular complexity index is 327. The van der Waals surface area contributed by atoms with Gasteiger partial charge in [0.1, 0.15) is 0 Å². The molecule has 0 unspecified atom stereocenters. The molecule has 0 atom stereocenters. The van der Waals surface area contributed by atoms with Gasteiger partial charge in [-0.05, 0) is 36.8 Å². The summed E-state index contributed by atoms with van der Waals surface area (Å²) in [6, 6.07) is 9.91. The minimum atomic E-state index is -2.18. The predicted molar refractivity (Wildman–Crippen MR) is 61.5 cm³/mol. The van der Waals surface area contributed by atoms with Gasteiger partial charge in [-0.3, -0.25) is 0 Å². The second-order valence-electron chi connectivity index (χ2n) is 3.21. The number of rotatable bonds is 1. The Morgan fingerprint density at radius 3 is 2.14 bits per heavy atom. The van der Waals surface area contributed by atoms with Crippen LogP contribution in [0.5, 0.6) is 0 Å². The van der Waals surface area contributed by atoms with Crippen molar-refractivity contribution in [2.75, 3.05) is 13.2 Å². The monoisotopic (exact) mass is 228 g/mol. The molecule has 0 amide bonds. The molecule has 0 bridgehead atoms. The first-order chi connectivity index (χ1) is 6.81. The van der Waals surface area contributed by atoms with Gasteiger partial charge in [0.15, 0.2) is 0 Å². The molecule has 1 heterocycles. The summed E-state index contributed by atoms with van der Waals surface area (Å²) < 4.78 is 11.4. The molecular formula is C10H13O2PS. The second kappa shape index (κ2) is 4.54. The standard InChI is InChI=1S/C10H13O2PS/c14-13(10-6-2-1-3-7-10)11-8-4-5-9-12-13/h1-3,6-7H,4-5,8-9H2. The molecule has 14 heavy (non-hydrogen) atoms. The van der Waals surface area contributed by atoms with E-state index in [4.69, 9.17) is 20.9 Å². The van der Waals surface area contributed by atoms with Crippen LogP contribution in [0.3, 0.4) is 0 Å². The molecular weight excluding hydrogens is 215 g/mol. The van der Waals surface area contributed by atoms with Gasteiger partial charge in [-0.15, -0.1) is 0 Å². The zero-order chi connectivity index (χ0) is 9.86. The number of hydrogen-bond donors (Lipinski definition) is 0. The van der Waals surface area contributed by atoms with Gasteiger partial charge in [0.25, 0.3) is 0 Å². The van der Waals surface area contributed by atoms with Crippen molar-refractivity contribution in [2.45, 2.75) is 12.8 Å². The van der Waals surface area contributed by atoms with E-state index >= 15 is 0 Å². The fraction of sp³-hybridized carbons (Fsp3) is 0.400. The van der Waals surface area contributed by atoms with E-state index in [-0.39, 0.29) is 0 Å². The highest BCUT2D eigenvalue weighted by Crippen LogP contribution is 2.48. The van der Waals surface area contributed by atoms with Crippen molar-refractivity contribution >= 4 is 23.6 Å². The van der Waals surface area contributed by atoms with E-state index < -0.39 is 6.49 Å². The van der Waals surface area contributed by atoms with Gasteiger partial charge < -0.3 is 9.05 Å². The van der Waals surface area contributed by atoms with Crippen molar-refractivity contribution in [1.29, 1.82) is 0 Å². The van der Waals surface area contributed by atoms with E-state index in [1.54, 1.807) is 0 Å². The summed E-state index contributed by atoms with van der Waals surface area (Å²) in [4.78, 5) is 0. The zero-order valence-corrected chi connectivity index (χ0v) is 9.60. The van der Waals surface area contributed by atoms with Gasteiger partial charge in [-0.1, -0.05) is 18.2 Å². The van der Waals surface area contributed by atoms with Gasteiger partial charge in [0.05, 0.1) is 13.2 Å². The Morgan fingerprint density at radius 1 is 1.00 bits per heavy atom. The van der Waals surface area contributed by atoms with Crippen LogP contribution in [0, 0.1) is 0 Å². The minimum Gasteiger partial charge on any atom is -0.326 e. The van der Waals surface area contributed by atoms with Crippen molar-refractivity contribution < 1.29 is 9.05 Å². The first-order valence-electron chi connectivity index (χ1n) is 4.76. The van der Waals surface area contributed by atoms with Crippen molar-refractivity contribution in [2.24, 2.45) is 0 Å². The van der Waals surface area contributed by atoms with Crippen LogP contribution in [0.1, 0.15) is 12.8 Å². The lowest BCUT2D eigenvalue weighted by atomic mass is 10.3. The molecule has 1 fully saturated rings. The molecule has 1 aromatic carbocycles. The van der Waals surface area contributed by atoms with Crippen molar-refractivity contribution in [3.8, 4) is 0 Å². The molecule has 1 aliphatic rings. The largest absolute Gasteiger partial charge is 0.326 e. The van der Waals surface area contributed by atoms with Crippen molar-refractivity contribution in [3.63, 3.8) is 0 Å². The molecule has 1 aliphatic heterocycles. The maximum atomic E-state index is 5.68. The lowest BCUT2D eigenvalue weighted by Gasteiger charge is -2.19. The zero-order valence-electron chi connectivity index (χ0n) is 7.89. The van der Waals surface area contributed by atoms with Crippen LogP contribution in [0.25, 0.3) is 0 Å². The van der Waals surface area contributed by atoms with Crippen LogP contribution in [0.4, 0.5) is 0 Å². The smallest absolute Gasteiger partial charge is 0.219 e. The molecule has 2 rings (SSSR count). The molecule has 4 heteroatoms. The quantitative estimate of drug-likeness (QED) is 0.688. The van der Waals surface area contributed by atoms with Gasteiger partial charge in [-0.25, -0.2) is 0 Å². The van der Waals surface area contributed by atoms with Crippen molar-refractivity contribution in [3.05, 3.63) is 30.3 Å². The maximum Gasteiger partial charge on any atom is 0.219 e. The van der Waals surface area contributed by atoms with Crippen LogP contribution in [-0.4, -0.2) is 13.2 Å². The molecule has 2 nitrogen and oxygen atoms in total. The van der Waals surface area contributed by atoms with Gasteiger partial charge in [-0.2, -0.15) is 0 Å². The fourth-order valence-corrected chi connectivity index (χ4v) is 3.83. The average molecular weight is 228 g/mol. The van der Waals surface area contributed by atoms with Gasteiger partial charge in [0, 0.05) is 5.30 Å². The summed E-state index contributed by atoms with van der Waals surface area (Å²) in [7, 11) is 0. The van der Waals surface area contributed by atoms with Crippen molar-refractivity contribution in [1.82, 2.24) is 0 Å². The third kappa shape index (κ3) is 2.23. The topological polar surface area (TPSA) is 18.5 Å². The minimum absolute atomic E-state index is 0.728. The van der Waals surface area contributed by atoms with Crippen LogP contribution in [-0.2, 0) is 20.9 Å². The molecule has 0 aliphatic carbocycles. The van der Waals surface area contributed by atoms with Gasteiger partial charge >= 0.3 is 0 Å². The molecule has 1 saturated heterocycles. The normalized spacial score (nSPS) is 21.4. The number of hydrogen-bond acceptors (Lipinski definition) is 3. The Labute approximate surface area is 89.4 Å². The summed E-state index contributed by atoms with van der Waals surface area (Å²) in [6.45, 7) is -0.719. The molecule has 0 N–H and O–H groups in total. The lowest BCUT2D eigenvalue weighted by molar-refractivity contribution is 0.299.